The van der Waals surface area contributed by atoms with Gasteiger partial charge >= 0.3 is 0 Å². The number of hydroxylamine groups is 1. The molecule has 5 N–H and O–H groups in total. The van der Waals surface area contributed by atoms with Gasteiger partial charge in [0.1, 0.15) is 11.5 Å². The van der Waals surface area contributed by atoms with Crippen molar-refractivity contribution in [1.82, 2.24) is 21.0 Å². The van der Waals surface area contributed by atoms with Crippen LogP contribution in [0.2, 0.25) is 5.02 Å². The van der Waals surface area contributed by atoms with Crippen molar-refractivity contribution in [2.24, 2.45) is 0 Å². The van der Waals surface area contributed by atoms with Gasteiger partial charge in [-0.05, 0) is 25.0 Å². The Morgan fingerprint density at radius 1 is 1.14 bits per heavy atom. The van der Waals surface area contributed by atoms with Crippen LogP contribution in [0.5, 0.6) is 0 Å². The van der Waals surface area contributed by atoms with Crippen molar-refractivity contribution < 1.29 is 24.0 Å². The Morgan fingerprint density at radius 3 is 2.62 bits per heavy atom. The number of halogens is 2. The minimum absolute atomic E-state index is 0.0328. The Labute approximate surface area is 171 Å². The standard InChI is InChI=1S/C18H21ClFN5O4/c19-11-6-5-7-12(20)15(11)17(27)23-13-10-22-24-16(13)18(28)21-9-4-2-1-3-8-14(26)25-29/h5-7,10,29H,1-4,8-9H2,(H,21,28)(H,22,24)(H,23,27)(H,25,26). The minimum Gasteiger partial charge on any atom is -0.351 e. The number of rotatable bonds is 10. The third-order valence-electron chi connectivity index (χ3n) is 4.05. The molecule has 0 atom stereocenters. The van der Waals surface area contributed by atoms with Crippen LogP contribution in [0.25, 0.3) is 0 Å². The van der Waals surface area contributed by atoms with E-state index in [9.17, 15) is 18.8 Å². The van der Waals surface area contributed by atoms with E-state index in [2.05, 4.69) is 20.8 Å². The second kappa shape index (κ2) is 11.1. The number of anilines is 1. The summed E-state index contributed by atoms with van der Waals surface area (Å²) >= 11 is 5.87. The molecule has 0 radical (unpaired) electrons. The van der Waals surface area contributed by atoms with E-state index in [0.717, 1.165) is 18.9 Å². The number of benzene rings is 1. The molecule has 0 bridgehead atoms. The van der Waals surface area contributed by atoms with Crippen LogP contribution < -0.4 is 16.1 Å². The molecule has 156 valence electrons. The normalized spacial score (nSPS) is 10.4. The van der Waals surface area contributed by atoms with Gasteiger partial charge in [0.15, 0.2) is 0 Å². The lowest BCUT2D eigenvalue weighted by molar-refractivity contribution is -0.129. The number of nitrogens with zero attached hydrogens (tertiary/aromatic N) is 1. The average molecular weight is 426 g/mol. The fraction of sp³-hybridized carbons (Fsp3) is 0.333. The Hall–Kier alpha value is -2.98. The topological polar surface area (TPSA) is 136 Å². The second-order valence-electron chi connectivity index (χ2n) is 6.16. The fourth-order valence-corrected chi connectivity index (χ4v) is 2.81. The molecule has 2 aromatic rings. The lowest BCUT2D eigenvalue weighted by Gasteiger charge is -2.08. The number of amides is 3. The molecule has 1 heterocycles. The van der Waals surface area contributed by atoms with Gasteiger partial charge in [0.05, 0.1) is 22.5 Å². The number of H-pyrrole nitrogens is 1. The third-order valence-corrected chi connectivity index (χ3v) is 4.36. The van der Waals surface area contributed by atoms with Crippen LogP contribution in [0.1, 0.15) is 53.0 Å². The van der Waals surface area contributed by atoms with E-state index in [0.29, 0.717) is 19.4 Å². The summed E-state index contributed by atoms with van der Waals surface area (Å²) in [6.45, 7) is 0.385. The molecule has 9 nitrogen and oxygen atoms in total. The summed E-state index contributed by atoms with van der Waals surface area (Å²) in [7, 11) is 0. The van der Waals surface area contributed by atoms with Crippen LogP contribution >= 0.6 is 11.6 Å². The fourth-order valence-electron chi connectivity index (χ4n) is 2.56. The molecule has 0 unspecified atom stereocenters. The first-order valence-corrected chi connectivity index (χ1v) is 9.31. The third kappa shape index (κ3) is 6.54. The number of aromatic amines is 1. The van der Waals surface area contributed by atoms with Gasteiger partial charge in [0.2, 0.25) is 5.91 Å². The molecule has 0 fully saturated rings. The zero-order valence-electron chi connectivity index (χ0n) is 15.4. The quantitative estimate of drug-likeness (QED) is 0.226. The van der Waals surface area contributed by atoms with Crippen LogP contribution in [-0.4, -0.2) is 39.7 Å². The predicted molar refractivity (Wildman–Crippen MR) is 103 cm³/mol. The van der Waals surface area contributed by atoms with E-state index in [1.807, 2.05) is 0 Å². The lowest BCUT2D eigenvalue weighted by atomic mass is 10.1. The zero-order valence-corrected chi connectivity index (χ0v) is 16.2. The minimum atomic E-state index is -0.796. The highest BCUT2D eigenvalue weighted by Gasteiger charge is 2.20. The van der Waals surface area contributed by atoms with Crippen molar-refractivity contribution in [3.63, 3.8) is 0 Å². The van der Waals surface area contributed by atoms with Gasteiger partial charge in [-0.15, -0.1) is 0 Å². The number of aromatic nitrogens is 2. The Balaban J connectivity index is 1.82. The van der Waals surface area contributed by atoms with E-state index in [4.69, 9.17) is 16.8 Å². The number of unbranched alkanes of at least 4 members (excludes halogenated alkanes) is 3. The molecule has 1 aromatic heterocycles. The Bertz CT molecular complexity index is 853. The summed E-state index contributed by atoms with van der Waals surface area (Å²) in [4.78, 5) is 35.5. The van der Waals surface area contributed by atoms with Crippen molar-refractivity contribution in [1.29, 1.82) is 0 Å². The Morgan fingerprint density at radius 2 is 1.90 bits per heavy atom. The highest BCUT2D eigenvalue weighted by Crippen LogP contribution is 2.21. The van der Waals surface area contributed by atoms with Crippen LogP contribution in [0.3, 0.4) is 0 Å². The van der Waals surface area contributed by atoms with E-state index < -0.39 is 23.5 Å². The molecule has 0 aliphatic heterocycles. The van der Waals surface area contributed by atoms with Crippen molar-refractivity contribution in [2.45, 2.75) is 32.1 Å². The molecule has 11 heteroatoms. The number of carbonyl (C=O) groups excluding carboxylic acids is 3. The van der Waals surface area contributed by atoms with E-state index in [-0.39, 0.29) is 28.4 Å². The number of carbonyl (C=O) groups is 3. The predicted octanol–water partition coefficient (Wildman–Crippen LogP) is 2.64. The summed E-state index contributed by atoms with van der Waals surface area (Å²) in [6, 6.07) is 3.88. The smallest absolute Gasteiger partial charge is 0.271 e. The molecule has 0 saturated heterocycles. The Kier molecular flexibility index (Phi) is 8.56. The second-order valence-corrected chi connectivity index (χ2v) is 6.57. The van der Waals surface area contributed by atoms with Crippen molar-refractivity contribution in [3.05, 3.63) is 46.5 Å². The van der Waals surface area contributed by atoms with Crippen LogP contribution in [0.15, 0.2) is 24.4 Å². The SMILES string of the molecule is O=C(CCCCCCNC(=O)c1[nH]ncc1NC(=O)c1c(F)cccc1Cl)NO. The number of hydrogen-bond acceptors (Lipinski definition) is 5. The van der Waals surface area contributed by atoms with Gasteiger partial charge in [0, 0.05) is 13.0 Å². The molecular formula is C18H21ClFN5O4. The van der Waals surface area contributed by atoms with E-state index in [1.54, 1.807) is 5.48 Å². The first kappa shape index (κ1) is 22.3. The summed E-state index contributed by atoms with van der Waals surface area (Å²) in [6.07, 6.45) is 4.37. The molecule has 0 saturated carbocycles. The maximum atomic E-state index is 13.9. The molecular weight excluding hydrogens is 405 g/mol. The highest BCUT2D eigenvalue weighted by molar-refractivity contribution is 6.34. The van der Waals surface area contributed by atoms with Crippen molar-refractivity contribution in [3.8, 4) is 0 Å². The molecule has 2 rings (SSSR count). The van der Waals surface area contributed by atoms with Crippen LogP contribution in [0.4, 0.5) is 10.1 Å². The summed E-state index contributed by atoms with van der Waals surface area (Å²) < 4.78 is 13.9. The molecule has 29 heavy (non-hydrogen) atoms. The average Bonchev–Trinajstić information content (AvgIpc) is 3.14. The molecule has 1 aromatic carbocycles. The first-order valence-electron chi connectivity index (χ1n) is 8.94. The summed E-state index contributed by atoms with van der Waals surface area (Å²) in [5.74, 6) is -2.47. The number of nitrogens with one attached hydrogen (secondary N) is 4. The maximum absolute atomic E-state index is 13.9. The van der Waals surface area contributed by atoms with Crippen LogP contribution in [-0.2, 0) is 4.79 Å². The van der Waals surface area contributed by atoms with Gasteiger partial charge in [-0.2, -0.15) is 5.10 Å². The molecule has 0 spiro atoms. The number of hydrogen-bond donors (Lipinski definition) is 5. The zero-order chi connectivity index (χ0) is 21.2. The summed E-state index contributed by atoms with van der Waals surface area (Å²) in [5.41, 5.74) is 1.38. The monoisotopic (exact) mass is 425 g/mol. The largest absolute Gasteiger partial charge is 0.351 e. The molecule has 0 aliphatic rings. The van der Waals surface area contributed by atoms with Gasteiger partial charge < -0.3 is 10.6 Å². The molecule has 3 amide bonds. The van der Waals surface area contributed by atoms with Crippen molar-refractivity contribution in [2.75, 3.05) is 11.9 Å². The van der Waals surface area contributed by atoms with Gasteiger partial charge in [0.25, 0.3) is 11.8 Å². The van der Waals surface area contributed by atoms with Gasteiger partial charge in [-0.1, -0.05) is 30.5 Å². The highest BCUT2D eigenvalue weighted by atomic mass is 35.5. The first-order chi connectivity index (χ1) is 13.9. The van der Waals surface area contributed by atoms with E-state index in [1.165, 1.54) is 18.3 Å². The van der Waals surface area contributed by atoms with E-state index >= 15 is 0 Å². The molecule has 0 aliphatic carbocycles. The van der Waals surface area contributed by atoms with Gasteiger partial charge in [-0.25, -0.2) is 9.87 Å². The van der Waals surface area contributed by atoms with Gasteiger partial charge in [-0.3, -0.25) is 24.7 Å². The van der Waals surface area contributed by atoms with Crippen LogP contribution in [0, 0.1) is 5.82 Å². The summed E-state index contributed by atoms with van der Waals surface area (Å²) in [5, 5.41) is 19.7. The maximum Gasteiger partial charge on any atom is 0.271 e. The van der Waals surface area contributed by atoms with Crippen molar-refractivity contribution >= 4 is 35.0 Å². The lowest BCUT2D eigenvalue weighted by Crippen LogP contribution is -2.26.